The summed E-state index contributed by atoms with van der Waals surface area (Å²) in [7, 11) is 0. The van der Waals surface area contributed by atoms with Crippen molar-refractivity contribution in [3.63, 3.8) is 0 Å². The van der Waals surface area contributed by atoms with Gasteiger partial charge >= 0.3 is 0 Å². The van der Waals surface area contributed by atoms with Gasteiger partial charge in [-0.1, -0.05) is 41.9 Å². The van der Waals surface area contributed by atoms with Crippen LogP contribution in [0.1, 0.15) is 64.4 Å². The molecule has 2 heterocycles. The van der Waals surface area contributed by atoms with Crippen LogP contribution in [0.3, 0.4) is 0 Å². The van der Waals surface area contributed by atoms with Gasteiger partial charge in [0.05, 0.1) is 22.8 Å². The number of carbonyl (C=O) groups excluding carboxylic acids is 2. The van der Waals surface area contributed by atoms with E-state index in [2.05, 4.69) is 47.3 Å². The molecule has 1 fully saturated rings. The minimum absolute atomic E-state index is 0.0444. The number of pyridine rings is 1. The number of halogens is 1. The van der Waals surface area contributed by atoms with Crippen LogP contribution in [0.4, 0.5) is 0 Å². The maximum Gasteiger partial charge on any atom is 0.217 e. The number of nitrogens with one attached hydrogen (secondary N) is 1. The van der Waals surface area contributed by atoms with Crippen LogP contribution in [0.25, 0.3) is 11.1 Å². The van der Waals surface area contributed by atoms with Gasteiger partial charge in [-0.05, 0) is 79.1 Å². The summed E-state index contributed by atoms with van der Waals surface area (Å²) in [6, 6.07) is 19.4. The molecule has 0 spiro atoms. The number of nitrogens with zero attached hydrogens (tertiary/aromatic N) is 3. The standard InChI is InChI=1S/C39H41ClN4O5/c1-26-31(25-49-39-19-38(32(23-45)18-36(39)40)48-24-30-17-29(20-41)21-42-22-30)7-4-8-34(26)35-9-5-10-37(27(35)2)47-16-6-13-44-14-11-33(12-15-44)43-28(3)46/h4-5,7-10,17-19,21-23,33H,6,11-16,24-25H2,1-3H3,(H,43,46). The molecule has 1 saturated heterocycles. The van der Waals surface area contributed by atoms with E-state index < -0.39 is 0 Å². The van der Waals surface area contributed by atoms with E-state index in [0.29, 0.717) is 46.1 Å². The smallest absolute Gasteiger partial charge is 0.217 e. The lowest BCUT2D eigenvalue weighted by atomic mass is 9.93. The number of hydrogen-bond acceptors (Lipinski definition) is 8. The molecule has 0 bridgehead atoms. The highest BCUT2D eigenvalue weighted by atomic mass is 35.5. The van der Waals surface area contributed by atoms with E-state index in [-0.39, 0.29) is 25.2 Å². The Hall–Kier alpha value is -4.91. The third-order valence-electron chi connectivity index (χ3n) is 8.78. The number of benzene rings is 3. The Morgan fingerprint density at radius 1 is 0.980 bits per heavy atom. The van der Waals surface area contributed by atoms with Crippen LogP contribution in [0.15, 0.2) is 67.0 Å². The first kappa shape index (κ1) is 35.4. The van der Waals surface area contributed by atoms with Gasteiger partial charge in [0.1, 0.15) is 36.5 Å². The molecule has 0 aliphatic carbocycles. The lowest BCUT2D eigenvalue weighted by molar-refractivity contribution is -0.119. The van der Waals surface area contributed by atoms with E-state index in [1.165, 1.54) is 12.3 Å². The molecule has 1 aliphatic heterocycles. The van der Waals surface area contributed by atoms with E-state index in [9.17, 15) is 9.59 Å². The zero-order valence-electron chi connectivity index (χ0n) is 28.1. The minimum atomic E-state index is 0.0444. The van der Waals surface area contributed by atoms with Gasteiger partial charge in [-0.3, -0.25) is 14.6 Å². The average molecular weight is 681 g/mol. The van der Waals surface area contributed by atoms with Gasteiger partial charge in [-0.15, -0.1) is 0 Å². The van der Waals surface area contributed by atoms with Gasteiger partial charge < -0.3 is 24.4 Å². The topological polar surface area (TPSA) is 114 Å². The number of ether oxygens (including phenoxy) is 3. The molecule has 0 unspecified atom stereocenters. The van der Waals surface area contributed by atoms with E-state index in [0.717, 1.165) is 72.5 Å². The number of hydrogen-bond donors (Lipinski definition) is 1. The highest BCUT2D eigenvalue weighted by Gasteiger charge is 2.19. The average Bonchev–Trinajstić information content (AvgIpc) is 3.10. The number of rotatable bonds is 14. The molecule has 0 radical (unpaired) electrons. The van der Waals surface area contributed by atoms with E-state index in [4.69, 9.17) is 31.1 Å². The molecule has 1 aromatic heterocycles. The molecule has 49 heavy (non-hydrogen) atoms. The lowest BCUT2D eigenvalue weighted by Gasteiger charge is -2.32. The Kier molecular flexibility index (Phi) is 12.3. The van der Waals surface area contributed by atoms with Gasteiger partial charge in [0.25, 0.3) is 0 Å². The summed E-state index contributed by atoms with van der Waals surface area (Å²) in [4.78, 5) is 29.6. The molecule has 5 rings (SSSR count). The van der Waals surface area contributed by atoms with Crippen molar-refractivity contribution in [3.05, 3.63) is 105 Å². The summed E-state index contributed by atoms with van der Waals surface area (Å²) in [5.41, 5.74) is 6.73. The van der Waals surface area contributed by atoms with Gasteiger partial charge in [0.15, 0.2) is 6.29 Å². The quantitative estimate of drug-likeness (QED) is 0.110. The maximum atomic E-state index is 11.8. The first-order valence-electron chi connectivity index (χ1n) is 16.4. The fourth-order valence-corrected chi connectivity index (χ4v) is 6.30. The normalized spacial score (nSPS) is 13.4. The van der Waals surface area contributed by atoms with Crippen molar-refractivity contribution in [1.29, 1.82) is 5.26 Å². The molecule has 9 nitrogen and oxygen atoms in total. The number of piperidine rings is 1. The van der Waals surface area contributed by atoms with E-state index in [1.807, 2.05) is 24.3 Å². The Morgan fingerprint density at radius 3 is 2.45 bits per heavy atom. The number of amides is 1. The van der Waals surface area contributed by atoms with Crippen LogP contribution in [0.2, 0.25) is 5.02 Å². The van der Waals surface area contributed by atoms with Crippen LogP contribution in [-0.4, -0.2) is 54.4 Å². The van der Waals surface area contributed by atoms with E-state index >= 15 is 0 Å². The number of nitriles is 1. The van der Waals surface area contributed by atoms with Crippen molar-refractivity contribution in [3.8, 4) is 34.4 Å². The predicted octanol–water partition coefficient (Wildman–Crippen LogP) is 7.23. The second-order valence-electron chi connectivity index (χ2n) is 12.2. The van der Waals surface area contributed by atoms with Gasteiger partial charge in [-0.2, -0.15) is 5.26 Å². The number of carbonyl (C=O) groups is 2. The zero-order chi connectivity index (χ0) is 34.8. The summed E-state index contributed by atoms with van der Waals surface area (Å²) in [6.07, 6.45) is 6.66. The largest absolute Gasteiger partial charge is 0.493 e. The Balaban J connectivity index is 1.21. The van der Waals surface area contributed by atoms with Crippen molar-refractivity contribution >= 4 is 23.8 Å². The van der Waals surface area contributed by atoms with Crippen molar-refractivity contribution in [2.45, 2.75) is 59.3 Å². The van der Waals surface area contributed by atoms with Crippen molar-refractivity contribution in [1.82, 2.24) is 15.2 Å². The van der Waals surface area contributed by atoms with Crippen LogP contribution in [-0.2, 0) is 18.0 Å². The molecule has 3 aromatic carbocycles. The van der Waals surface area contributed by atoms with Gasteiger partial charge in [0.2, 0.25) is 5.91 Å². The summed E-state index contributed by atoms with van der Waals surface area (Å²) >= 11 is 6.51. The minimum Gasteiger partial charge on any atom is -0.493 e. The summed E-state index contributed by atoms with van der Waals surface area (Å²) in [5.74, 6) is 1.62. The van der Waals surface area contributed by atoms with E-state index in [1.54, 1.807) is 25.3 Å². The number of aromatic nitrogens is 1. The lowest BCUT2D eigenvalue weighted by Crippen LogP contribution is -2.44. The number of aldehydes is 1. The maximum absolute atomic E-state index is 11.8. The van der Waals surface area contributed by atoms with Gasteiger partial charge in [0, 0.05) is 56.6 Å². The third-order valence-corrected chi connectivity index (χ3v) is 9.08. The highest BCUT2D eigenvalue weighted by molar-refractivity contribution is 6.32. The molecule has 0 atom stereocenters. The zero-order valence-corrected chi connectivity index (χ0v) is 28.9. The first-order valence-corrected chi connectivity index (χ1v) is 16.8. The SMILES string of the molecule is CC(=O)NC1CCN(CCCOc2cccc(-c3cccc(COc4cc(OCc5cncc(C#N)c5)c(C=O)cc4Cl)c3C)c2C)CC1. The third kappa shape index (κ3) is 9.38. The van der Waals surface area contributed by atoms with Crippen LogP contribution >= 0.6 is 11.6 Å². The number of likely N-dealkylation sites (tertiary alicyclic amines) is 1. The van der Waals surface area contributed by atoms with Crippen LogP contribution < -0.4 is 19.5 Å². The molecule has 1 amide bonds. The molecule has 254 valence electrons. The van der Waals surface area contributed by atoms with Crippen molar-refractivity contribution in [2.75, 3.05) is 26.2 Å². The summed E-state index contributed by atoms with van der Waals surface area (Å²) < 4.78 is 18.4. The summed E-state index contributed by atoms with van der Waals surface area (Å²) in [6.45, 7) is 9.68. The molecular formula is C39H41ClN4O5. The van der Waals surface area contributed by atoms with Gasteiger partial charge in [-0.25, -0.2) is 0 Å². The molecule has 1 N–H and O–H groups in total. The molecule has 1 aliphatic rings. The Labute approximate surface area is 292 Å². The predicted molar refractivity (Wildman–Crippen MR) is 189 cm³/mol. The van der Waals surface area contributed by atoms with Crippen molar-refractivity contribution in [2.24, 2.45) is 0 Å². The summed E-state index contributed by atoms with van der Waals surface area (Å²) in [5, 5.41) is 12.5. The highest BCUT2D eigenvalue weighted by Crippen LogP contribution is 2.36. The second kappa shape index (κ2) is 17.0. The Morgan fingerprint density at radius 2 is 1.71 bits per heavy atom. The second-order valence-corrected chi connectivity index (χ2v) is 12.7. The Bertz CT molecular complexity index is 1830. The monoisotopic (exact) mass is 680 g/mol. The molecule has 4 aromatic rings. The fourth-order valence-electron chi connectivity index (χ4n) is 6.07. The molecule has 0 saturated carbocycles. The molecule has 10 heteroatoms. The first-order chi connectivity index (χ1) is 23.7. The fraction of sp³-hybridized carbons (Fsp3) is 0.333. The van der Waals surface area contributed by atoms with Crippen molar-refractivity contribution < 1.29 is 23.8 Å². The van der Waals surface area contributed by atoms with Crippen LogP contribution in [0.5, 0.6) is 17.2 Å². The van der Waals surface area contributed by atoms with Crippen LogP contribution in [0, 0.1) is 25.2 Å². The molecular weight excluding hydrogens is 640 g/mol.